The van der Waals surface area contributed by atoms with E-state index < -0.39 is 0 Å². The second-order valence-electron chi connectivity index (χ2n) is 5.18. The Labute approximate surface area is 117 Å². The van der Waals surface area contributed by atoms with E-state index in [0.717, 1.165) is 46.7 Å². The second kappa shape index (κ2) is 4.75. The van der Waals surface area contributed by atoms with Gasteiger partial charge in [0.25, 0.3) is 0 Å². The number of halogens is 2. The molecule has 0 saturated heterocycles. The standard InChI is InChI=1S/C14H16Cl2N2/c1-9-6-10(9)8-18-13-7-11(16)2-3-12(13)17-14(18)4-5-15/h2-3,7,9-10H,4-6,8H2,1H3. The third kappa shape index (κ3) is 2.24. The number of rotatable bonds is 4. The SMILES string of the molecule is CC1CC1Cn1c(CCCl)nc2ccc(Cl)cc21. The molecule has 3 rings (SSSR count). The number of aromatic nitrogens is 2. The molecule has 1 fully saturated rings. The van der Waals surface area contributed by atoms with Gasteiger partial charge in [-0.2, -0.15) is 0 Å². The fourth-order valence-electron chi connectivity index (χ4n) is 2.51. The summed E-state index contributed by atoms with van der Waals surface area (Å²) in [4.78, 5) is 4.67. The maximum absolute atomic E-state index is 6.09. The molecule has 1 heterocycles. The lowest BCUT2D eigenvalue weighted by molar-refractivity contribution is 0.585. The third-order valence-corrected chi connectivity index (χ3v) is 4.22. The number of hydrogen-bond donors (Lipinski definition) is 0. The molecule has 1 saturated carbocycles. The number of imidazole rings is 1. The molecule has 1 aromatic carbocycles. The molecule has 0 bridgehead atoms. The van der Waals surface area contributed by atoms with Crippen molar-refractivity contribution in [1.29, 1.82) is 0 Å². The van der Waals surface area contributed by atoms with Crippen LogP contribution in [0, 0.1) is 11.8 Å². The normalized spacial score (nSPS) is 22.6. The molecule has 1 aliphatic rings. The topological polar surface area (TPSA) is 17.8 Å². The zero-order valence-corrected chi connectivity index (χ0v) is 11.9. The molecule has 2 atom stereocenters. The Hall–Kier alpha value is -0.730. The molecule has 1 aromatic heterocycles. The summed E-state index contributed by atoms with van der Waals surface area (Å²) in [5.74, 6) is 3.32. The van der Waals surface area contributed by atoms with Gasteiger partial charge in [0.1, 0.15) is 5.82 Å². The quantitative estimate of drug-likeness (QED) is 0.771. The van der Waals surface area contributed by atoms with Crippen molar-refractivity contribution < 1.29 is 0 Å². The highest BCUT2D eigenvalue weighted by Crippen LogP contribution is 2.40. The average Bonchev–Trinajstić information content (AvgIpc) is 2.93. The molecular weight excluding hydrogens is 267 g/mol. The minimum atomic E-state index is 0.608. The molecule has 2 aromatic rings. The van der Waals surface area contributed by atoms with Crippen LogP contribution >= 0.6 is 23.2 Å². The number of hydrogen-bond acceptors (Lipinski definition) is 1. The predicted molar refractivity (Wildman–Crippen MR) is 76.4 cm³/mol. The van der Waals surface area contributed by atoms with E-state index in [1.165, 1.54) is 6.42 Å². The highest BCUT2D eigenvalue weighted by atomic mass is 35.5. The molecule has 0 N–H and O–H groups in total. The monoisotopic (exact) mass is 282 g/mol. The minimum absolute atomic E-state index is 0.608. The molecule has 0 radical (unpaired) electrons. The maximum Gasteiger partial charge on any atom is 0.111 e. The van der Waals surface area contributed by atoms with Crippen LogP contribution in [0.2, 0.25) is 5.02 Å². The van der Waals surface area contributed by atoms with Crippen LogP contribution in [-0.2, 0) is 13.0 Å². The van der Waals surface area contributed by atoms with Crippen LogP contribution in [0.1, 0.15) is 19.2 Å². The number of benzene rings is 1. The van der Waals surface area contributed by atoms with Crippen LogP contribution in [0.4, 0.5) is 0 Å². The molecule has 0 amide bonds. The van der Waals surface area contributed by atoms with E-state index in [4.69, 9.17) is 23.2 Å². The van der Waals surface area contributed by atoms with Crippen LogP contribution in [-0.4, -0.2) is 15.4 Å². The summed E-state index contributed by atoms with van der Waals surface area (Å²) in [7, 11) is 0. The van der Waals surface area contributed by atoms with Crippen LogP contribution in [0.15, 0.2) is 18.2 Å². The molecule has 2 unspecified atom stereocenters. The van der Waals surface area contributed by atoms with Gasteiger partial charge in [-0.05, 0) is 36.5 Å². The summed E-state index contributed by atoms with van der Waals surface area (Å²) in [5.41, 5.74) is 2.16. The summed E-state index contributed by atoms with van der Waals surface area (Å²) in [6.45, 7) is 3.35. The van der Waals surface area contributed by atoms with E-state index >= 15 is 0 Å². The van der Waals surface area contributed by atoms with Crippen molar-refractivity contribution in [1.82, 2.24) is 9.55 Å². The van der Waals surface area contributed by atoms with Crippen molar-refractivity contribution in [3.63, 3.8) is 0 Å². The highest BCUT2D eigenvalue weighted by Gasteiger charge is 2.33. The van der Waals surface area contributed by atoms with Crippen molar-refractivity contribution in [3.05, 3.63) is 29.0 Å². The van der Waals surface area contributed by atoms with Gasteiger partial charge in [-0.3, -0.25) is 0 Å². The molecule has 0 spiro atoms. The summed E-state index contributed by atoms with van der Waals surface area (Å²) in [5, 5.41) is 0.768. The fraction of sp³-hybridized carbons (Fsp3) is 0.500. The minimum Gasteiger partial charge on any atom is -0.328 e. The van der Waals surface area contributed by atoms with Gasteiger partial charge in [-0.15, -0.1) is 11.6 Å². The van der Waals surface area contributed by atoms with Crippen LogP contribution < -0.4 is 0 Å². The van der Waals surface area contributed by atoms with Crippen molar-refractivity contribution in [2.24, 2.45) is 11.8 Å². The van der Waals surface area contributed by atoms with Gasteiger partial charge >= 0.3 is 0 Å². The van der Waals surface area contributed by atoms with Crippen molar-refractivity contribution in [2.75, 3.05) is 5.88 Å². The lowest BCUT2D eigenvalue weighted by Crippen LogP contribution is -2.06. The maximum atomic E-state index is 6.09. The zero-order valence-electron chi connectivity index (χ0n) is 10.4. The van der Waals surface area contributed by atoms with E-state index in [1.54, 1.807) is 0 Å². The zero-order chi connectivity index (χ0) is 12.7. The first-order valence-corrected chi connectivity index (χ1v) is 7.31. The largest absolute Gasteiger partial charge is 0.328 e. The fourth-order valence-corrected chi connectivity index (χ4v) is 2.85. The Bertz CT molecular complexity index is 576. The van der Waals surface area contributed by atoms with Crippen molar-refractivity contribution in [2.45, 2.75) is 26.3 Å². The van der Waals surface area contributed by atoms with Gasteiger partial charge in [-0.25, -0.2) is 4.98 Å². The number of aryl methyl sites for hydroxylation is 1. The first-order chi connectivity index (χ1) is 8.69. The Kier molecular flexibility index (Phi) is 3.25. The van der Waals surface area contributed by atoms with E-state index in [-0.39, 0.29) is 0 Å². The van der Waals surface area contributed by atoms with Crippen molar-refractivity contribution >= 4 is 34.2 Å². The Morgan fingerprint density at radius 3 is 2.89 bits per heavy atom. The first-order valence-electron chi connectivity index (χ1n) is 6.39. The van der Waals surface area contributed by atoms with E-state index in [2.05, 4.69) is 16.5 Å². The molecule has 2 nitrogen and oxygen atoms in total. The lowest BCUT2D eigenvalue weighted by Gasteiger charge is -2.07. The Balaban J connectivity index is 2.04. The van der Waals surface area contributed by atoms with E-state index in [1.807, 2.05) is 18.2 Å². The van der Waals surface area contributed by atoms with Crippen LogP contribution in [0.5, 0.6) is 0 Å². The van der Waals surface area contributed by atoms with Gasteiger partial charge in [0.2, 0.25) is 0 Å². The summed E-state index contributed by atoms with van der Waals surface area (Å²) in [6.07, 6.45) is 2.13. The van der Waals surface area contributed by atoms with Gasteiger partial charge < -0.3 is 4.57 Å². The molecule has 0 aliphatic heterocycles. The van der Waals surface area contributed by atoms with Gasteiger partial charge in [-0.1, -0.05) is 18.5 Å². The second-order valence-corrected chi connectivity index (χ2v) is 6.00. The highest BCUT2D eigenvalue weighted by molar-refractivity contribution is 6.31. The number of nitrogens with zero attached hydrogens (tertiary/aromatic N) is 2. The molecule has 1 aliphatic carbocycles. The summed E-state index contributed by atoms with van der Waals surface area (Å²) in [6, 6.07) is 5.89. The first kappa shape index (κ1) is 12.3. The van der Waals surface area contributed by atoms with Gasteiger partial charge in [0, 0.05) is 23.9 Å². The molecular formula is C14H16Cl2N2. The van der Waals surface area contributed by atoms with Crippen molar-refractivity contribution in [3.8, 4) is 0 Å². The molecule has 18 heavy (non-hydrogen) atoms. The summed E-state index contributed by atoms with van der Waals surface area (Å²) >= 11 is 12.0. The van der Waals surface area contributed by atoms with E-state index in [0.29, 0.717) is 5.88 Å². The van der Waals surface area contributed by atoms with Gasteiger partial charge in [0.05, 0.1) is 11.0 Å². The number of alkyl halides is 1. The van der Waals surface area contributed by atoms with Crippen LogP contribution in [0.25, 0.3) is 11.0 Å². The van der Waals surface area contributed by atoms with E-state index in [9.17, 15) is 0 Å². The smallest absolute Gasteiger partial charge is 0.111 e. The van der Waals surface area contributed by atoms with Gasteiger partial charge in [0.15, 0.2) is 0 Å². The molecule has 96 valence electrons. The average molecular weight is 283 g/mol. The molecule has 4 heteroatoms. The Morgan fingerprint density at radius 1 is 1.44 bits per heavy atom. The summed E-state index contributed by atoms with van der Waals surface area (Å²) < 4.78 is 2.30. The van der Waals surface area contributed by atoms with Crippen LogP contribution in [0.3, 0.4) is 0 Å². The number of fused-ring (bicyclic) bond motifs is 1. The predicted octanol–water partition coefficient (Wildman–Crippen LogP) is 4.13. The lowest BCUT2D eigenvalue weighted by atomic mass is 10.3. The Morgan fingerprint density at radius 2 is 2.22 bits per heavy atom. The third-order valence-electron chi connectivity index (χ3n) is 3.80.